The smallest absolute Gasteiger partial charge is 0.254 e. The van der Waals surface area contributed by atoms with Crippen molar-refractivity contribution in [3.05, 3.63) is 48.5 Å². The van der Waals surface area contributed by atoms with Gasteiger partial charge in [0.1, 0.15) is 0 Å². The Morgan fingerprint density at radius 1 is 1.17 bits per heavy atom. The average molecular weight is 324 g/mol. The highest BCUT2D eigenvalue weighted by Gasteiger charge is 2.43. The third kappa shape index (κ3) is 2.58. The van der Waals surface area contributed by atoms with E-state index in [2.05, 4.69) is 14.5 Å². The van der Waals surface area contributed by atoms with Crippen molar-refractivity contribution in [1.82, 2.24) is 14.5 Å². The molecule has 4 rings (SSSR count). The van der Waals surface area contributed by atoms with Crippen molar-refractivity contribution >= 4 is 11.6 Å². The Kier molecular flexibility index (Phi) is 3.79. The standard InChI is InChI=1S/C19H24N4O/c1-21(2)15-5-3-4-14(10-15)19(24)23-16-6-7-17(23)12-18(11-16)22-9-8-20-13-22/h3-5,8-10,13,16-18H,6-7,11-12H2,1-2H3. The molecule has 0 radical (unpaired) electrons. The number of nitrogens with zero attached hydrogens (tertiary/aromatic N) is 4. The lowest BCUT2D eigenvalue weighted by atomic mass is 9.96. The number of fused-ring (bicyclic) bond motifs is 2. The molecule has 3 heterocycles. The fourth-order valence-corrected chi connectivity index (χ4v) is 4.27. The molecule has 2 fully saturated rings. The lowest BCUT2D eigenvalue weighted by Crippen LogP contribution is -2.46. The van der Waals surface area contributed by atoms with Gasteiger partial charge in [-0.25, -0.2) is 4.98 Å². The van der Waals surface area contributed by atoms with Gasteiger partial charge < -0.3 is 14.4 Å². The van der Waals surface area contributed by atoms with Crippen LogP contribution < -0.4 is 4.90 Å². The summed E-state index contributed by atoms with van der Waals surface area (Å²) in [7, 11) is 4.01. The maximum Gasteiger partial charge on any atom is 0.254 e. The normalized spacial score (nSPS) is 25.8. The van der Waals surface area contributed by atoms with Crippen LogP contribution in [0.15, 0.2) is 43.0 Å². The number of amides is 1. The number of imidazole rings is 1. The molecule has 1 amide bonds. The van der Waals surface area contributed by atoms with Crippen molar-refractivity contribution in [2.45, 2.75) is 43.8 Å². The molecule has 2 atom stereocenters. The zero-order chi connectivity index (χ0) is 16.7. The van der Waals surface area contributed by atoms with Crippen LogP contribution in [0.5, 0.6) is 0 Å². The number of anilines is 1. The maximum absolute atomic E-state index is 13.1. The lowest BCUT2D eigenvalue weighted by molar-refractivity contribution is 0.0533. The Balaban J connectivity index is 1.55. The van der Waals surface area contributed by atoms with Gasteiger partial charge in [-0.15, -0.1) is 0 Å². The first-order valence-corrected chi connectivity index (χ1v) is 8.71. The van der Waals surface area contributed by atoms with E-state index in [1.165, 1.54) is 0 Å². The molecule has 0 saturated carbocycles. The van der Waals surface area contributed by atoms with Gasteiger partial charge in [-0.05, 0) is 43.9 Å². The van der Waals surface area contributed by atoms with Crippen molar-refractivity contribution < 1.29 is 4.79 Å². The van der Waals surface area contributed by atoms with Crippen LogP contribution in [0.25, 0.3) is 0 Å². The second-order valence-corrected chi connectivity index (χ2v) is 7.18. The zero-order valence-corrected chi connectivity index (χ0v) is 14.3. The first-order valence-electron chi connectivity index (χ1n) is 8.71. The van der Waals surface area contributed by atoms with Crippen LogP contribution in [-0.2, 0) is 0 Å². The van der Waals surface area contributed by atoms with E-state index in [1.54, 1.807) is 0 Å². The first kappa shape index (κ1) is 15.2. The predicted molar refractivity (Wildman–Crippen MR) is 94.2 cm³/mol. The zero-order valence-electron chi connectivity index (χ0n) is 14.3. The number of piperidine rings is 1. The molecule has 2 bridgehead atoms. The second-order valence-electron chi connectivity index (χ2n) is 7.18. The first-order chi connectivity index (χ1) is 11.6. The monoisotopic (exact) mass is 324 g/mol. The molecule has 1 aromatic carbocycles. The topological polar surface area (TPSA) is 41.4 Å². The van der Waals surface area contributed by atoms with Crippen LogP contribution in [-0.4, -0.2) is 46.5 Å². The molecular weight excluding hydrogens is 300 g/mol. The summed E-state index contributed by atoms with van der Waals surface area (Å²) in [6.45, 7) is 0. The minimum atomic E-state index is 0.190. The molecule has 1 aromatic heterocycles. The maximum atomic E-state index is 13.1. The SMILES string of the molecule is CN(C)c1cccc(C(=O)N2C3CCC2CC(n2ccnc2)C3)c1. The Morgan fingerprint density at radius 3 is 2.54 bits per heavy atom. The summed E-state index contributed by atoms with van der Waals surface area (Å²) in [6.07, 6.45) is 10.1. The molecule has 2 aliphatic rings. The van der Waals surface area contributed by atoms with E-state index in [-0.39, 0.29) is 5.91 Å². The summed E-state index contributed by atoms with van der Waals surface area (Å²) in [5.41, 5.74) is 1.88. The number of rotatable bonds is 3. The van der Waals surface area contributed by atoms with Crippen LogP contribution in [0, 0.1) is 0 Å². The molecule has 2 aliphatic heterocycles. The van der Waals surface area contributed by atoms with Crippen LogP contribution in [0.4, 0.5) is 5.69 Å². The molecule has 2 unspecified atom stereocenters. The number of benzene rings is 1. The Hall–Kier alpha value is -2.30. The minimum Gasteiger partial charge on any atom is -0.378 e. The molecule has 5 nitrogen and oxygen atoms in total. The van der Waals surface area contributed by atoms with E-state index in [4.69, 9.17) is 0 Å². The van der Waals surface area contributed by atoms with Gasteiger partial charge >= 0.3 is 0 Å². The van der Waals surface area contributed by atoms with Crippen LogP contribution in [0.1, 0.15) is 42.1 Å². The van der Waals surface area contributed by atoms with Gasteiger partial charge in [-0.1, -0.05) is 6.07 Å². The van der Waals surface area contributed by atoms with E-state index < -0.39 is 0 Å². The highest BCUT2D eigenvalue weighted by atomic mass is 16.2. The third-order valence-electron chi connectivity index (χ3n) is 5.50. The van der Waals surface area contributed by atoms with Crippen molar-refractivity contribution in [3.8, 4) is 0 Å². The number of hydrogen-bond acceptors (Lipinski definition) is 3. The molecular formula is C19H24N4O. The Labute approximate surface area is 142 Å². The molecule has 0 aliphatic carbocycles. The lowest BCUT2D eigenvalue weighted by Gasteiger charge is -2.39. The predicted octanol–water partition coefficient (Wildman–Crippen LogP) is 2.96. The summed E-state index contributed by atoms with van der Waals surface area (Å²) in [5.74, 6) is 0.190. The van der Waals surface area contributed by atoms with Crippen LogP contribution in [0.2, 0.25) is 0 Å². The third-order valence-corrected chi connectivity index (χ3v) is 5.50. The summed E-state index contributed by atoms with van der Waals surface area (Å²) < 4.78 is 2.21. The Bertz CT molecular complexity index is 711. The van der Waals surface area contributed by atoms with E-state index in [0.717, 1.165) is 36.9 Å². The minimum absolute atomic E-state index is 0.190. The van der Waals surface area contributed by atoms with Crippen LogP contribution >= 0.6 is 0 Å². The largest absolute Gasteiger partial charge is 0.378 e. The summed E-state index contributed by atoms with van der Waals surface area (Å²) in [5, 5.41) is 0. The van der Waals surface area contributed by atoms with Crippen molar-refractivity contribution in [3.63, 3.8) is 0 Å². The summed E-state index contributed by atoms with van der Waals surface area (Å²) in [4.78, 5) is 21.5. The molecule has 0 N–H and O–H groups in total. The van der Waals surface area contributed by atoms with E-state index >= 15 is 0 Å². The van der Waals surface area contributed by atoms with Gasteiger partial charge in [0.25, 0.3) is 5.91 Å². The highest BCUT2D eigenvalue weighted by Crippen LogP contribution is 2.41. The van der Waals surface area contributed by atoms with E-state index in [1.807, 2.05) is 62.0 Å². The van der Waals surface area contributed by atoms with Gasteiger partial charge in [-0.2, -0.15) is 0 Å². The number of carbonyl (C=O) groups excluding carboxylic acids is 1. The number of hydrogen-bond donors (Lipinski definition) is 0. The number of aromatic nitrogens is 2. The summed E-state index contributed by atoms with van der Waals surface area (Å²) >= 11 is 0. The quantitative estimate of drug-likeness (QED) is 0.871. The van der Waals surface area contributed by atoms with Gasteiger partial charge in [0.15, 0.2) is 0 Å². The molecule has 5 heteroatoms. The van der Waals surface area contributed by atoms with Gasteiger partial charge in [-0.3, -0.25) is 4.79 Å². The van der Waals surface area contributed by atoms with Gasteiger partial charge in [0.05, 0.1) is 6.33 Å². The highest BCUT2D eigenvalue weighted by molar-refractivity contribution is 5.95. The Morgan fingerprint density at radius 2 is 1.92 bits per heavy atom. The van der Waals surface area contributed by atoms with E-state index in [0.29, 0.717) is 18.1 Å². The number of carbonyl (C=O) groups is 1. The second kappa shape index (κ2) is 5.96. The van der Waals surface area contributed by atoms with Crippen molar-refractivity contribution in [1.29, 1.82) is 0 Å². The molecule has 2 saturated heterocycles. The fraction of sp³-hybridized carbons (Fsp3) is 0.474. The van der Waals surface area contributed by atoms with Crippen LogP contribution in [0.3, 0.4) is 0 Å². The summed E-state index contributed by atoms with van der Waals surface area (Å²) in [6, 6.07) is 9.14. The molecule has 24 heavy (non-hydrogen) atoms. The van der Waals surface area contributed by atoms with Gasteiger partial charge in [0, 0.05) is 55.9 Å². The molecule has 126 valence electrons. The van der Waals surface area contributed by atoms with Crippen molar-refractivity contribution in [2.75, 3.05) is 19.0 Å². The van der Waals surface area contributed by atoms with Gasteiger partial charge in [0.2, 0.25) is 0 Å². The molecule has 2 aromatic rings. The van der Waals surface area contributed by atoms with Crippen molar-refractivity contribution in [2.24, 2.45) is 0 Å². The molecule has 0 spiro atoms. The fourth-order valence-electron chi connectivity index (χ4n) is 4.27. The van der Waals surface area contributed by atoms with E-state index in [9.17, 15) is 4.79 Å². The average Bonchev–Trinajstić information content (AvgIpc) is 3.21.